The first-order valence-corrected chi connectivity index (χ1v) is 4.91. The van der Waals surface area contributed by atoms with Crippen molar-refractivity contribution in [2.45, 2.75) is 27.2 Å². The van der Waals surface area contributed by atoms with E-state index in [0.717, 1.165) is 17.6 Å². The minimum Gasteiger partial charge on any atom is -0.295 e. The van der Waals surface area contributed by atoms with Crippen LogP contribution in [0, 0.1) is 0 Å². The fraction of sp³-hybridized carbons (Fsp3) is 0.308. The van der Waals surface area contributed by atoms with Crippen molar-refractivity contribution < 1.29 is 4.79 Å². The van der Waals surface area contributed by atoms with Crippen LogP contribution < -0.4 is 0 Å². The van der Waals surface area contributed by atoms with E-state index in [1.807, 2.05) is 25.1 Å². The molecule has 14 heavy (non-hydrogen) atoms. The maximum absolute atomic E-state index is 11.0. The lowest BCUT2D eigenvalue weighted by molar-refractivity contribution is -0.113. The molecule has 0 fully saturated rings. The lowest BCUT2D eigenvalue weighted by Crippen LogP contribution is -1.91. The zero-order valence-corrected chi connectivity index (χ0v) is 9.00. The van der Waals surface area contributed by atoms with Crippen LogP contribution in [0.2, 0.25) is 0 Å². The fourth-order valence-corrected chi connectivity index (χ4v) is 1.25. The highest BCUT2D eigenvalue weighted by molar-refractivity contribution is 5.97. The lowest BCUT2D eigenvalue weighted by atomic mass is 10.1. The third-order valence-electron chi connectivity index (χ3n) is 2.30. The molecule has 0 heterocycles. The highest BCUT2D eigenvalue weighted by Gasteiger charge is 1.96. The number of benzene rings is 1. The van der Waals surface area contributed by atoms with Crippen molar-refractivity contribution in [3.63, 3.8) is 0 Å². The van der Waals surface area contributed by atoms with E-state index in [1.165, 1.54) is 5.56 Å². The standard InChI is InChI=1S/C13H16O/c1-4-12-6-5-7-13(9-12)8-10(2)11(3)14/h5-9H,4H2,1-3H3. The Bertz CT molecular complexity index is 361. The van der Waals surface area contributed by atoms with Crippen molar-refractivity contribution in [1.29, 1.82) is 0 Å². The second-order valence-corrected chi connectivity index (χ2v) is 3.48. The monoisotopic (exact) mass is 188 g/mol. The molecule has 1 aromatic carbocycles. The Labute approximate surface area is 85.5 Å². The molecule has 0 amide bonds. The van der Waals surface area contributed by atoms with Gasteiger partial charge in [-0.25, -0.2) is 0 Å². The van der Waals surface area contributed by atoms with Gasteiger partial charge in [-0.15, -0.1) is 0 Å². The van der Waals surface area contributed by atoms with Gasteiger partial charge in [0, 0.05) is 0 Å². The average Bonchev–Trinajstić information content (AvgIpc) is 2.18. The molecule has 0 aliphatic rings. The third-order valence-corrected chi connectivity index (χ3v) is 2.30. The van der Waals surface area contributed by atoms with Gasteiger partial charge in [0.1, 0.15) is 0 Å². The fourth-order valence-electron chi connectivity index (χ4n) is 1.25. The number of hydrogen-bond donors (Lipinski definition) is 0. The number of rotatable bonds is 3. The Kier molecular flexibility index (Phi) is 3.63. The molecule has 0 bridgehead atoms. The van der Waals surface area contributed by atoms with E-state index < -0.39 is 0 Å². The van der Waals surface area contributed by atoms with Crippen molar-refractivity contribution in [2.75, 3.05) is 0 Å². The first-order valence-electron chi connectivity index (χ1n) is 4.91. The summed E-state index contributed by atoms with van der Waals surface area (Å²) in [4.78, 5) is 11.0. The Morgan fingerprint density at radius 2 is 2.07 bits per heavy atom. The summed E-state index contributed by atoms with van der Waals surface area (Å²) in [6.45, 7) is 5.57. The van der Waals surface area contributed by atoms with Crippen LogP contribution in [0.3, 0.4) is 0 Å². The Morgan fingerprint density at radius 3 is 2.64 bits per heavy atom. The smallest absolute Gasteiger partial charge is 0.155 e. The molecule has 0 saturated carbocycles. The van der Waals surface area contributed by atoms with Crippen LogP contribution in [0.25, 0.3) is 6.08 Å². The van der Waals surface area contributed by atoms with Gasteiger partial charge in [0.2, 0.25) is 0 Å². The molecule has 1 aromatic rings. The number of allylic oxidation sites excluding steroid dienone is 1. The first kappa shape index (κ1) is 10.7. The highest BCUT2D eigenvalue weighted by atomic mass is 16.1. The number of Topliss-reactive ketones (excluding diaryl/α,β-unsaturated/α-hetero) is 1. The molecular weight excluding hydrogens is 172 g/mol. The molecule has 0 radical (unpaired) electrons. The summed E-state index contributed by atoms with van der Waals surface area (Å²) in [6, 6.07) is 8.26. The molecule has 1 heteroatoms. The zero-order chi connectivity index (χ0) is 10.6. The first-order chi connectivity index (χ1) is 6.63. The van der Waals surface area contributed by atoms with E-state index in [9.17, 15) is 4.79 Å². The normalized spacial score (nSPS) is 11.5. The van der Waals surface area contributed by atoms with Crippen LogP contribution in [-0.2, 0) is 11.2 Å². The van der Waals surface area contributed by atoms with Crippen molar-refractivity contribution in [2.24, 2.45) is 0 Å². The number of aryl methyl sites for hydroxylation is 1. The van der Waals surface area contributed by atoms with Crippen molar-refractivity contribution in [3.05, 3.63) is 41.0 Å². The van der Waals surface area contributed by atoms with E-state index in [2.05, 4.69) is 19.1 Å². The quantitative estimate of drug-likeness (QED) is 0.665. The molecule has 0 atom stereocenters. The van der Waals surface area contributed by atoms with Gasteiger partial charge in [-0.3, -0.25) is 4.79 Å². The maximum Gasteiger partial charge on any atom is 0.155 e. The summed E-state index contributed by atoms with van der Waals surface area (Å²) in [7, 11) is 0. The van der Waals surface area contributed by atoms with Gasteiger partial charge >= 0.3 is 0 Å². The van der Waals surface area contributed by atoms with Crippen molar-refractivity contribution >= 4 is 11.9 Å². The SMILES string of the molecule is CCc1cccc(C=C(C)C(C)=O)c1. The molecule has 0 unspecified atom stereocenters. The molecule has 0 N–H and O–H groups in total. The third kappa shape index (κ3) is 2.84. The summed E-state index contributed by atoms with van der Waals surface area (Å²) in [5, 5.41) is 0. The van der Waals surface area contributed by atoms with Crippen molar-refractivity contribution in [1.82, 2.24) is 0 Å². The van der Waals surface area contributed by atoms with E-state index in [0.29, 0.717) is 0 Å². The number of hydrogen-bond acceptors (Lipinski definition) is 1. The predicted octanol–water partition coefficient (Wildman–Crippen LogP) is 3.24. The van der Waals surface area contributed by atoms with Crippen LogP contribution in [0.15, 0.2) is 29.8 Å². The summed E-state index contributed by atoms with van der Waals surface area (Å²) in [5.41, 5.74) is 3.21. The minimum absolute atomic E-state index is 0.131. The summed E-state index contributed by atoms with van der Waals surface area (Å²) in [5.74, 6) is 0.131. The van der Waals surface area contributed by atoms with Gasteiger partial charge in [0.05, 0.1) is 0 Å². The van der Waals surface area contributed by atoms with Crippen LogP contribution in [0.1, 0.15) is 31.9 Å². The largest absolute Gasteiger partial charge is 0.295 e. The van der Waals surface area contributed by atoms with E-state index in [1.54, 1.807) is 6.92 Å². The molecule has 0 spiro atoms. The van der Waals surface area contributed by atoms with Crippen LogP contribution in [-0.4, -0.2) is 5.78 Å². The Balaban J connectivity index is 2.97. The summed E-state index contributed by atoms with van der Waals surface area (Å²) < 4.78 is 0. The molecule has 0 aliphatic heterocycles. The number of carbonyl (C=O) groups is 1. The van der Waals surface area contributed by atoms with Gasteiger partial charge in [0.25, 0.3) is 0 Å². The van der Waals surface area contributed by atoms with Gasteiger partial charge in [-0.1, -0.05) is 31.2 Å². The molecule has 1 nitrogen and oxygen atoms in total. The molecule has 0 saturated heterocycles. The zero-order valence-electron chi connectivity index (χ0n) is 9.00. The topological polar surface area (TPSA) is 17.1 Å². The van der Waals surface area contributed by atoms with E-state index in [-0.39, 0.29) is 5.78 Å². The van der Waals surface area contributed by atoms with Crippen LogP contribution >= 0.6 is 0 Å². The lowest BCUT2D eigenvalue weighted by Gasteiger charge is -1.99. The van der Waals surface area contributed by atoms with Gasteiger partial charge in [-0.05, 0) is 43.0 Å². The summed E-state index contributed by atoms with van der Waals surface area (Å²) >= 11 is 0. The van der Waals surface area contributed by atoms with Gasteiger partial charge < -0.3 is 0 Å². The molecular formula is C13H16O. The van der Waals surface area contributed by atoms with Crippen LogP contribution in [0.4, 0.5) is 0 Å². The highest BCUT2D eigenvalue weighted by Crippen LogP contribution is 2.10. The van der Waals surface area contributed by atoms with E-state index >= 15 is 0 Å². The summed E-state index contributed by atoms with van der Waals surface area (Å²) in [6.07, 6.45) is 2.96. The molecule has 1 rings (SSSR count). The second kappa shape index (κ2) is 4.75. The molecule has 0 aliphatic carbocycles. The molecule has 0 aromatic heterocycles. The van der Waals surface area contributed by atoms with E-state index in [4.69, 9.17) is 0 Å². The minimum atomic E-state index is 0.131. The maximum atomic E-state index is 11.0. The van der Waals surface area contributed by atoms with Crippen LogP contribution in [0.5, 0.6) is 0 Å². The van der Waals surface area contributed by atoms with Gasteiger partial charge in [0.15, 0.2) is 5.78 Å². The molecule has 74 valence electrons. The predicted molar refractivity (Wildman–Crippen MR) is 60.2 cm³/mol. The van der Waals surface area contributed by atoms with Gasteiger partial charge in [-0.2, -0.15) is 0 Å². The number of ketones is 1. The Morgan fingerprint density at radius 1 is 1.36 bits per heavy atom. The second-order valence-electron chi connectivity index (χ2n) is 3.48. The van der Waals surface area contributed by atoms with Crippen molar-refractivity contribution in [3.8, 4) is 0 Å². The average molecular weight is 188 g/mol. The number of carbonyl (C=O) groups excluding carboxylic acids is 1. The Hall–Kier alpha value is -1.37.